The number of nitrogens with one attached hydrogen (secondary N) is 2. The van der Waals surface area contributed by atoms with E-state index in [0.29, 0.717) is 61.3 Å². The molecule has 2 N–H and O–H groups in total. The number of rotatable bonds is 10. The van der Waals surface area contributed by atoms with Crippen LogP contribution in [0.5, 0.6) is 17.2 Å². The summed E-state index contributed by atoms with van der Waals surface area (Å²) in [4.78, 5) is 16.8. The normalized spacial score (nSPS) is 13.1. The molecule has 0 aliphatic carbocycles. The fourth-order valence-corrected chi connectivity index (χ4v) is 5.38. The van der Waals surface area contributed by atoms with Gasteiger partial charge in [-0.2, -0.15) is 0 Å². The summed E-state index contributed by atoms with van der Waals surface area (Å²) in [5, 5.41) is 3.36. The summed E-state index contributed by atoms with van der Waals surface area (Å²) in [5.74, 6) is 1.53. The molecule has 0 bridgehead atoms. The smallest absolute Gasteiger partial charge is 0.240 e. The van der Waals surface area contributed by atoms with Gasteiger partial charge in [-0.05, 0) is 37.1 Å². The van der Waals surface area contributed by atoms with E-state index in [4.69, 9.17) is 14.2 Å². The van der Waals surface area contributed by atoms with Crippen LogP contribution in [0.25, 0.3) is 10.2 Å². The predicted octanol–water partition coefficient (Wildman–Crippen LogP) is 3.55. The Kier molecular flexibility index (Phi) is 7.31. The number of benzene rings is 2. The number of methoxy groups -OCH3 is 1. The summed E-state index contributed by atoms with van der Waals surface area (Å²) in [6.07, 6.45) is 2.31. The highest BCUT2D eigenvalue weighted by atomic mass is 32.2. The van der Waals surface area contributed by atoms with Crippen LogP contribution in [0.1, 0.15) is 25.7 Å². The van der Waals surface area contributed by atoms with E-state index in [1.54, 1.807) is 13.2 Å². The van der Waals surface area contributed by atoms with Crippen LogP contribution >= 0.6 is 11.3 Å². The van der Waals surface area contributed by atoms with Crippen LogP contribution in [0.3, 0.4) is 0 Å². The van der Waals surface area contributed by atoms with Crippen molar-refractivity contribution < 1.29 is 27.4 Å². The Balaban J connectivity index is 1.19. The number of sulfonamides is 1. The summed E-state index contributed by atoms with van der Waals surface area (Å²) >= 11 is 1.40. The van der Waals surface area contributed by atoms with Gasteiger partial charge in [0.15, 0.2) is 16.6 Å². The molecule has 1 amide bonds. The molecule has 33 heavy (non-hydrogen) atoms. The molecule has 0 saturated carbocycles. The molecule has 2 heterocycles. The molecule has 1 aliphatic rings. The third kappa shape index (κ3) is 5.73. The van der Waals surface area contributed by atoms with E-state index in [1.165, 1.54) is 23.5 Å². The van der Waals surface area contributed by atoms with Crippen molar-refractivity contribution in [3.8, 4) is 17.2 Å². The maximum absolute atomic E-state index is 12.5. The van der Waals surface area contributed by atoms with Crippen molar-refractivity contribution in [3.05, 3.63) is 36.4 Å². The van der Waals surface area contributed by atoms with Crippen molar-refractivity contribution in [3.63, 3.8) is 0 Å². The number of fused-ring (bicyclic) bond motifs is 2. The third-order valence-electron chi connectivity index (χ3n) is 5.04. The maximum Gasteiger partial charge on any atom is 0.240 e. The van der Waals surface area contributed by atoms with Gasteiger partial charge in [0.25, 0.3) is 0 Å². The maximum atomic E-state index is 12.5. The van der Waals surface area contributed by atoms with E-state index >= 15 is 0 Å². The van der Waals surface area contributed by atoms with E-state index in [2.05, 4.69) is 15.0 Å². The molecule has 176 valence electrons. The second kappa shape index (κ2) is 10.4. The second-order valence-corrected chi connectivity index (χ2v) is 10.2. The lowest BCUT2D eigenvalue weighted by Gasteiger charge is -2.18. The number of hydrogen-bond acceptors (Lipinski definition) is 8. The van der Waals surface area contributed by atoms with Crippen molar-refractivity contribution in [1.29, 1.82) is 0 Å². The zero-order valence-corrected chi connectivity index (χ0v) is 19.8. The standard InChI is InChI=1S/C22H25N3O6S2/c1-29-17-6-5-7-19-21(17)25-22(32-19)24-20(26)8-3-2-4-11-23-33(27,28)15-9-10-16-18(14-15)31-13-12-30-16/h5-7,9-10,14,23H,2-4,8,11-13H2,1H3,(H,24,25,26). The number of para-hydroxylation sites is 1. The summed E-state index contributed by atoms with van der Waals surface area (Å²) in [6.45, 7) is 1.13. The largest absolute Gasteiger partial charge is 0.494 e. The number of unbranched alkanes of at least 4 members (excludes halogenated alkanes) is 2. The Morgan fingerprint density at radius 1 is 1.12 bits per heavy atom. The molecule has 0 radical (unpaired) electrons. The van der Waals surface area contributed by atoms with Crippen molar-refractivity contribution >= 4 is 42.6 Å². The molecule has 0 fully saturated rings. The number of carbonyl (C=O) groups excluding carboxylic acids is 1. The first-order valence-corrected chi connectivity index (χ1v) is 12.9. The van der Waals surface area contributed by atoms with Gasteiger partial charge in [0.1, 0.15) is 24.5 Å². The minimum absolute atomic E-state index is 0.120. The van der Waals surface area contributed by atoms with E-state index < -0.39 is 10.0 Å². The lowest BCUT2D eigenvalue weighted by Crippen LogP contribution is -2.25. The van der Waals surface area contributed by atoms with Crippen LogP contribution in [-0.4, -0.2) is 46.2 Å². The van der Waals surface area contributed by atoms with E-state index in [-0.39, 0.29) is 17.3 Å². The first-order chi connectivity index (χ1) is 16.0. The Morgan fingerprint density at radius 3 is 2.76 bits per heavy atom. The Labute approximate surface area is 196 Å². The van der Waals surface area contributed by atoms with Crippen molar-refractivity contribution in [2.75, 3.05) is 32.2 Å². The van der Waals surface area contributed by atoms with Gasteiger partial charge in [-0.3, -0.25) is 4.79 Å². The van der Waals surface area contributed by atoms with Gasteiger partial charge in [0, 0.05) is 19.0 Å². The van der Waals surface area contributed by atoms with Crippen LogP contribution in [0.2, 0.25) is 0 Å². The number of amides is 1. The molecular weight excluding hydrogens is 466 g/mol. The van der Waals surface area contributed by atoms with Gasteiger partial charge in [0.2, 0.25) is 15.9 Å². The van der Waals surface area contributed by atoms with Crippen molar-refractivity contribution in [2.24, 2.45) is 0 Å². The number of aromatic nitrogens is 1. The van der Waals surface area contributed by atoms with Gasteiger partial charge in [0.05, 0.1) is 16.7 Å². The number of carbonyl (C=O) groups is 1. The number of nitrogens with zero attached hydrogens (tertiary/aromatic N) is 1. The molecule has 0 saturated heterocycles. The minimum Gasteiger partial charge on any atom is -0.494 e. The molecule has 3 aromatic rings. The van der Waals surface area contributed by atoms with Crippen LogP contribution in [-0.2, 0) is 14.8 Å². The molecule has 0 atom stereocenters. The van der Waals surface area contributed by atoms with Crippen LogP contribution in [0.15, 0.2) is 41.3 Å². The Hall–Kier alpha value is -2.89. The number of anilines is 1. The third-order valence-corrected chi connectivity index (χ3v) is 7.44. The van der Waals surface area contributed by atoms with Gasteiger partial charge in [-0.25, -0.2) is 18.1 Å². The zero-order chi connectivity index (χ0) is 23.3. The Bertz CT molecular complexity index is 1240. The van der Waals surface area contributed by atoms with Crippen molar-refractivity contribution in [2.45, 2.75) is 30.6 Å². The van der Waals surface area contributed by atoms with E-state index in [1.807, 2.05) is 18.2 Å². The monoisotopic (exact) mass is 491 g/mol. The molecule has 1 aliphatic heterocycles. The molecular formula is C22H25N3O6S2. The molecule has 2 aromatic carbocycles. The molecule has 4 rings (SSSR count). The second-order valence-electron chi connectivity index (χ2n) is 7.39. The summed E-state index contributed by atoms with van der Waals surface area (Å²) < 4.78 is 44.7. The van der Waals surface area contributed by atoms with E-state index in [9.17, 15) is 13.2 Å². The highest BCUT2D eigenvalue weighted by Gasteiger charge is 2.19. The van der Waals surface area contributed by atoms with Crippen LogP contribution in [0.4, 0.5) is 5.13 Å². The Morgan fingerprint density at radius 2 is 1.94 bits per heavy atom. The molecule has 0 unspecified atom stereocenters. The first-order valence-electron chi connectivity index (χ1n) is 10.6. The summed E-state index contributed by atoms with van der Waals surface area (Å²) in [5.41, 5.74) is 0.727. The molecule has 0 spiro atoms. The predicted molar refractivity (Wildman–Crippen MR) is 126 cm³/mol. The number of hydrogen-bond donors (Lipinski definition) is 2. The minimum atomic E-state index is -3.64. The number of thiazole rings is 1. The van der Waals surface area contributed by atoms with Gasteiger partial charge >= 0.3 is 0 Å². The van der Waals surface area contributed by atoms with E-state index in [0.717, 1.165) is 10.2 Å². The average molecular weight is 492 g/mol. The lowest BCUT2D eigenvalue weighted by atomic mass is 10.2. The molecule has 1 aromatic heterocycles. The van der Waals surface area contributed by atoms with Crippen molar-refractivity contribution in [1.82, 2.24) is 9.71 Å². The highest BCUT2D eigenvalue weighted by Crippen LogP contribution is 2.33. The summed E-state index contributed by atoms with van der Waals surface area (Å²) in [6, 6.07) is 10.2. The zero-order valence-electron chi connectivity index (χ0n) is 18.1. The number of ether oxygens (including phenoxy) is 3. The highest BCUT2D eigenvalue weighted by molar-refractivity contribution is 7.89. The molecule has 11 heteroatoms. The van der Waals surface area contributed by atoms with Gasteiger partial charge < -0.3 is 19.5 Å². The topological polar surface area (TPSA) is 116 Å². The van der Waals surface area contributed by atoms with Gasteiger partial charge in [-0.15, -0.1) is 0 Å². The average Bonchev–Trinajstić information content (AvgIpc) is 3.23. The molecule has 9 nitrogen and oxygen atoms in total. The summed E-state index contributed by atoms with van der Waals surface area (Å²) in [7, 11) is -2.05. The van der Waals surface area contributed by atoms with Gasteiger partial charge in [-0.1, -0.05) is 23.8 Å². The fraction of sp³-hybridized carbons (Fsp3) is 0.364. The fourth-order valence-electron chi connectivity index (χ4n) is 3.39. The van der Waals surface area contributed by atoms with Crippen LogP contribution < -0.4 is 24.2 Å². The lowest BCUT2D eigenvalue weighted by molar-refractivity contribution is -0.116. The first kappa shape index (κ1) is 23.3. The van der Waals surface area contributed by atoms with Crippen LogP contribution in [0, 0.1) is 0 Å². The SMILES string of the molecule is COc1cccc2sc(NC(=O)CCCCCNS(=O)(=O)c3ccc4c(c3)OCCO4)nc12. The quantitative estimate of drug-likeness (QED) is 0.417.